The third kappa shape index (κ3) is 2.40. The van der Waals surface area contributed by atoms with Crippen molar-refractivity contribution < 1.29 is 4.74 Å². The SMILES string of the molecule is Cc1cccc(C#N)c1Oc1ccc2c(c1)CCCC2. The highest BCUT2D eigenvalue weighted by Gasteiger charge is 2.12. The second kappa shape index (κ2) is 5.38. The van der Waals surface area contributed by atoms with Crippen LogP contribution in [0.2, 0.25) is 0 Å². The van der Waals surface area contributed by atoms with Crippen molar-refractivity contribution in [2.24, 2.45) is 0 Å². The van der Waals surface area contributed by atoms with E-state index in [2.05, 4.69) is 18.2 Å². The summed E-state index contributed by atoms with van der Waals surface area (Å²) >= 11 is 0. The molecule has 0 aromatic heterocycles. The van der Waals surface area contributed by atoms with Crippen LogP contribution in [0.1, 0.15) is 35.1 Å². The van der Waals surface area contributed by atoms with Crippen LogP contribution >= 0.6 is 0 Å². The lowest BCUT2D eigenvalue weighted by Crippen LogP contribution is -2.02. The molecule has 0 fully saturated rings. The number of para-hydroxylation sites is 1. The maximum absolute atomic E-state index is 9.18. The topological polar surface area (TPSA) is 33.0 Å². The molecule has 0 radical (unpaired) electrons. The summed E-state index contributed by atoms with van der Waals surface area (Å²) in [5.74, 6) is 1.50. The molecule has 0 atom stereocenters. The van der Waals surface area contributed by atoms with Crippen LogP contribution in [0, 0.1) is 18.3 Å². The van der Waals surface area contributed by atoms with Crippen molar-refractivity contribution in [2.75, 3.05) is 0 Å². The molecule has 0 saturated heterocycles. The average Bonchev–Trinajstić information content (AvgIpc) is 2.49. The summed E-state index contributed by atoms with van der Waals surface area (Å²) in [4.78, 5) is 0. The maximum atomic E-state index is 9.18. The van der Waals surface area contributed by atoms with Gasteiger partial charge in [-0.05, 0) is 67.5 Å². The third-order valence-electron chi connectivity index (χ3n) is 3.87. The van der Waals surface area contributed by atoms with Crippen LogP contribution in [0.4, 0.5) is 0 Å². The van der Waals surface area contributed by atoms with Gasteiger partial charge in [-0.3, -0.25) is 0 Å². The van der Waals surface area contributed by atoms with E-state index in [-0.39, 0.29) is 0 Å². The van der Waals surface area contributed by atoms with Gasteiger partial charge in [0.15, 0.2) is 0 Å². The van der Waals surface area contributed by atoms with E-state index >= 15 is 0 Å². The molecule has 100 valence electrons. The van der Waals surface area contributed by atoms with Gasteiger partial charge in [0.25, 0.3) is 0 Å². The van der Waals surface area contributed by atoms with Gasteiger partial charge in [0.1, 0.15) is 17.6 Å². The first-order valence-electron chi connectivity index (χ1n) is 7.07. The van der Waals surface area contributed by atoms with Gasteiger partial charge in [-0.25, -0.2) is 0 Å². The Bertz CT molecular complexity index is 682. The van der Waals surface area contributed by atoms with E-state index in [9.17, 15) is 5.26 Å². The molecular formula is C18H17NO. The minimum Gasteiger partial charge on any atom is -0.456 e. The van der Waals surface area contributed by atoms with E-state index in [1.165, 1.54) is 30.4 Å². The van der Waals surface area contributed by atoms with Gasteiger partial charge in [0.2, 0.25) is 0 Å². The van der Waals surface area contributed by atoms with Crippen LogP contribution in [0.3, 0.4) is 0 Å². The first-order valence-corrected chi connectivity index (χ1v) is 7.07. The summed E-state index contributed by atoms with van der Waals surface area (Å²) in [7, 11) is 0. The standard InChI is InChI=1S/C18H17NO/c1-13-5-4-8-16(12-19)18(13)20-17-10-9-14-6-2-3-7-15(14)11-17/h4-5,8-11H,2-3,6-7H2,1H3. The van der Waals surface area contributed by atoms with Crippen molar-refractivity contribution in [1.82, 2.24) is 0 Å². The Hall–Kier alpha value is -2.27. The highest BCUT2D eigenvalue weighted by molar-refractivity contribution is 5.50. The molecule has 0 amide bonds. The fraction of sp³-hybridized carbons (Fsp3) is 0.278. The summed E-state index contributed by atoms with van der Waals surface area (Å²) in [5.41, 5.74) is 4.40. The number of fused-ring (bicyclic) bond motifs is 1. The number of rotatable bonds is 2. The van der Waals surface area contributed by atoms with Gasteiger partial charge in [0.05, 0.1) is 5.56 Å². The minimum atomic E-state index is 0.586. The highest BCUT2D eigenvalue weighted by Crippen LogP contribution is 2.31. The van der Waals surface area contributed by atoms with Crippen molar-refractivity contribution >= 4 is 0 Å². The predicted octanol–water partition coefficient (Wildman–Crippen LogP) is 4.54. The number of nitrogens with zero attached hydrogens (tertiary/aromatic N) is 1. The van der Waals surface area contributed by atoms with E-state index in [0.717, 1.165) is 17.7 Å². The molecule has 2 aromatic carbocycles. The molecule has 0 heterocycles. The van der Waals surface area contributed by atoms with E-state index < -0.39 is 0 Å². The fourth-order valence-corrected chi connectivity index (χ4v) is 2.77. The number of hydrogen-bond acceptors (Lipinski definition) is 2. The Labute approximate surface area is 119 Å². The zero-order chi connectivity index (χ0) is 13.9. The van der Waals surface area contributed by atoms with Crippen molar-refractivity contribution in [1.29, 1.82) is 5.26 Å². The van der Waals surface area contributed by atoms with Gasteiger partial charge in [0, 0.05) is 0 Å². The lowest BCUT2D eigenvalue weighted by Gasteiger charge is -2.17. The van der Waals surface area contributed by atoms with Gasteiger partial charge >= 0.3 is 0 Å². The molecule has 20 heavy (non-hydrogen) atoms. The number of ether oxygens (including phenoxy) is 1. The summed E-state index contributed by atoms with van der Waals surface area (Å²) in [6.45, 7) is 1.97. The molecule has 0 saturated carbocycles. The first-order chi connectivity index (χ1) is 9.78. The van der Waals surface area contributed by atoms with E-state index in [0.29, 0.717) is 11.3 Å². The molecular weight excluding hydrogens is 246 g/mol. The van der Waals surface area contributed by atoms with E-state index in [4.69, 9.17) is 4.74 Å². The summed E-state index contributed by atoms with van der Waals surface area (Å²) < 4.78 is 5.97. The fourth-order valence-electron chi connectivity index (χ4n) is 2.77. The van der Waals surface area contributed by atoms with Crippen molar-refractivity contribution in [2.45, 2.75) is 32.6 Å². The quantitative estimate of drug-likeness (QED) is 0.797. The molecule has 0 spiro atoms. The number of nitriles is 1. The molecule has 1 aliphatic rings. The summed E-state index contributed by atoms with van der Waals surface area (Å²) in [5, 5.41) is 9.18. The molecule has 1 aliphatic carbocycles. The van der Waals surface area contributed by atoms with E-state index in [1.54, 1.807) is 6.07 Å². The zero-order valence-electron chi connectivity index (χ0n) is 11.6. The predicted molar refractivity (Wildman–Crippen MR) is 79.1 cm³/mol. The third-order valence-corrected chi connectivity index (χ3v) is 3.87. The summed E-state index contributed by atoms with van der Waals surface area (Å²) in [6.07, 6.45) is 4.84. The molecule has 2 nitrogen and oxygen atoms in total. The minimum absolute atomic E-state index is 0.586. The maximum Gasteiger partial charge on any atom is 0.148 e. The van der Waals surface area contributed by atoms with Crippen LogP contribution in [0.15, 0.2) is 36.4 Å². The van der Waals surface area contributed by atoms with Crippen molar-refractivity contribution in [3.05, 3.63) is 58.7 Å². The molecule has 0 aliphatic heterocycles. The Morgan fingerprint density at radius 3 is 2.65 bits per heavy atom. The summed E-state index contributed by atoms with van der Waals surface area (Å²) in [6, 6.07) is 14.1. The smallest absolute Gasteiger partial charge is 0.148 e. The van der Waals surface area contributed by atoms with Crippen LogP contribution in [-0.2, 0) is 12.8 Å². The molecule has 3 rings (SSSR count). The van der Waals surface area contributed by atoms with Crippen molar-refractivity contribution in [3.63, 3.8) is 0 Å². The average molecular weight is 263 g/mol. The molecule has 0 N–H and O–H groups in total. The van der Waals surface area contributed by atoms with Crippen LogP contribution in [0.5, 0.6) is 11.5 Å². The lowest BCUT2D eigenvalue weighted by atomic mass is 9.92. The van der Waals surface area contributed by atoms with Crippen LogP contribution in [-0.4, -0.2) is 0 Å². The highest BCUT2D eigenvalue weighted by atomic mass is 16.5. The van der Waals surface area contributed by atoms with Gasteiger partial charge in [-0.15, -0.1) is 0 Å². The van der Waals surface area contributed by atoms with Crippen LogP contribution in [0.25, 0.3) is 0 Å². The zero-order valence-corrected chi connectivity index (χ0v) is 11.6. The number of aryl methyl sites for hydroxylation is 3. The van der Waals surface area contributed by atoms with Crippen molar-refractivity contribution in [3.8, 4) is 17.6 Å². The second-order valence-corrected chi connectivity index (χ2v) is 5.30. The number of hydrogen-bond donors (Lipinski definition) is 0. The lowest BCUT2D eigenvalue weighted by molar-refractivity contribution is 0.475. The molecule has 0 bridgehead atoms. The molecule has 2 heteroatoms. The van der Waals surface area contributed by atoms with Crippen LogP contribution < -0.4 is 4.74 Å². The Kier molecular flexibility index (Phi) is 3.43. The molecule has 2 aromatic rings. The first kappa shape index (κ1) is 12.7. The largest absolute Gasteiger partial charge is 0.456 e. The van der Waals surface area contributed by atoms with Gasteiger partial charge < -0.3 is 4.74 Å². The Morgan fingerprint density at radius 1 is 1.05 bits per heavy atom. The normalized spacial score (nSPS) is 13.4. The molecule has 0 unspecified atom stereocenters. The van der Waals surface area contributed by atoms with Gasteiger partial charge in [-0.2, -0.15) is 5.26 Å². The van der Waals surface area contributed by atoms with Gasteiger partial charge in [-0.1, -0.05) is 18.2 Å². The Balaban J connectivity index is 1.94. The second-order valence-electron chi connectivity index (χ2n) is 5.30. The number of benzene rings is 2. The monoisotopic (exact) mass is 263 g/mol. The Morgan fingerprint density at radius 2 is 1.85 bits per heavy atom. The van der Waals surface area contributed by atoms with E-state index in [1.807, 2.05) is 25.1 Å².